The number of nitrogens with one attached hydrogen (secondary N) is 1. The average Bonchev–Trinajstić information content (AvgIpc) is 2.46. The first-order chi connectivity index (χ1) is 9.65. The summed E-state index contributed by atoms with van der Waals surface area (Å²) in [5, 5.41) is 12.1. The molecule has 6 heteroatoms. The zero-order valence-corrected chi connectivity index (χ0v) is 11.0. The summed E-state index contributed by atoms with van der Waals surface area (Å²) in [6, 6.07) is 4.76. The molecule has 20 heavy (non-hydrogen) atoms. The number of rotatable bonds is 5. The number of carboxylic acids is 1. The predicted molar refractivity (Wildman–Crippen MR) is 74.3 cm³/mol. The summed E-state index contributed by atoms with van der Waals surface area (Å²) < 4.78 is 5.41. The second kappa shape index (κ2) is 6.21. The van der Waals surface area contributed by atoms with Gasteiger partial charge in [-0.1, -0.05) is 12.1 Å². The quantitative estimate of drug-likeness (QED) is 0.616. The standard InChI is InChI=1S/C14H16N2O4/c1-2-6-15-9-12(17)16-7-8-20-13-10(14(18)19)4-3-5-11(13)16/h2-5,15H,1,6-9H2,(H,18,19). The van der Waals surface area contributed by atoms with E-state index >= 15 is 0 Å². The third kappa shape index (κ3) is 2.80. The van der Waals surface area contributed by atoms with Gasteiger partial charge in [-0.3, -0.25) is 4.79 Å². The summed E-state index contributed by atoms with van der Waals surface area (Å²) in [4.78, 5) is 24.8. The third-order valence-corrected chi connectivity index (χ3v) is 2.94. The van der Waals surface area contributed by atoms with Crippen molar-refractivity contribution in [3.63, 3.8) is 0 Å². The number of aromatic carboxylic acids is 1. The predicted octanol–water partition coefficient (Wildman–Crippen LogP) is 0.886. The summed E-state index contributed by atoms with van der Waals surface area (Å²) in [6.45, 7) is 4.96. The van der Waals surface area contributed by atoms with E-state index < -0.39 is 5.97 Å². The minimum absolute atomic E-state index is 0.0686. The van der Waals surface area contributed by atoms with E-state index in [1.807, 2.05) is 0 Å². The lowest BCUT2D eigenvalue weighted by molar-refractivity contribution is -0.118. The lowest BCUT2D eigenvalue weighted by atomic mass is 10.1. The minimum Gasteiger partial charge on any atom is -0.489 e. The normalized spacial score (nSPS) is 13.3. The van der Waals surface area contributed by atoms with E-state index in [4.69, 9.17) is 9.84 Å². The van der Waals surface area contributed by atoms with Gasteiger partial charge in [0.2, 0.25) is 5.91 Å². The molecule has 1 aliphatic rings. The second-order valence-electron chi connectivity index (χ2n) is 4.27. The molecule has 0 radical (unpaired) electrons. The van der Waals surface area contributed by atoms with Crippen LogP contribution >= 0.6 is 0 Å². The number of ether oxygens (including phenoxy) is 1. The molecular weight excluding hydrogens is 260 g/mol. The number of hydrogen-bond donors (Lipinski definition) is 2. The van der Waals surface area contributed by atoms with Crippen molar-refractivity contribution in [1.82, 2.24) is 5.32 Å². The van der Waals surface area contributed by atoms with Gasteiger partial charge in [0.15, 0.2) is 5.75 Å². The van der Waals surface area contributed by atoms with Crippen molar-refractivity contribution >= 4 is 17.6 Å². The highest BCUT2D eigenvalue weighted by atomic mass is 16.5. The Kier molecular flexibility index (Phi) is 4.37. The molecule has 0 aromatic heterocycles. The first kappa shape index (κ1) is 14.1. The molecule has 1 amide bonds. The van der Waals surface area contributed by atoms with Crippen molar-refractivity contribution in [3.05, 3.63) is 36.4 Å². The largest absolute Gasteiger partial charge is 0.489 e. The highest BCUT2D eigenvalue weighted by Crippen LogP contribution is 2.34. The fourth-order valence-corrected chi connectivity index (χ4v) is 2.05. The first-order valence-corrected chi connectivity index (χ1v) is 6.26. The molecule has 0 unspecified atom stereocenters. The molecule has 1 aromatic rings. The van der Waals surface area contributed by atoms with Crippen LogP contribution in [-0.4, -0.2) is 43.2 Å². The molecule has 0 saturated carbocycles. The number of carbonyl (C=O) groups is 2. The van der Waals surface area contributed by atoms with E-state index in [-0.39, 0.29) is 30.4 Å². The molecule has 1 heterocycles. The van der Waals surface area contributed by atoms with Gasteiger partial charge in [0.05, 0.1) is 18.8 Å². The van der Waals surface area contributed by atoms with Crippen LogP contribution < -0.4 is 15.0 Å². The maximum absolute atomic E-state index is 12.1. The number of carboxylic acid groups (broad SMARTS) is 1. The van der Waals surface area contributed by atoms with Crippen molar-refractivity contribution in [2.75, 3.05) is 31.1 Å². The van der Waals surface area contributed by atoms with Crippen molar-refractivity contribution in [1.29, 1.82) is 0 Å². The van der Waals surface area contributed by atoms with Crippen LogP contribution in [0.1, 0.15) is 10.4 Å². The van der Waals surface area contributed by atoms with Crippen molar-refractivity contribution < 1.29 is 19.4 Å². The smallest absolute Gasteiger partial charge is 0.339 e. The molecule has 0 aliphatic carbocycles. The number of benzene rings is 1. The number of fused-ring (bicyclic) bond motifs is 1. The molecule has 2 N–H and O–H groups in total. The Bertz CT molecular complexity index is 542. The van der Waals surface area contributed by atoms with Crippen LogP contribution in [0.3, 0.4) is 0 Å². The fraction of sp³-hybridized carbons (Fsp3) is 0.286. The van der Waals surface area contributed by atoms with Crippen LogP contribution in [0.15, 0.2) is 30.9 Å². The van der Waals surface area contributed by atoms with Gasteiger partial charge >= 0.3 is 5.97 Å². The number of amides is 1. The fourth-order valence-electron chi connectivity index (χ4n) is 2.05. The lowest BCUT2D eigenvalue weighted by Gasteiger charge is -2.30. The van der Waals surface area contributed by atoms with Crippen LogP contribution in [0, 0.1) is 0 Å². The van der Waals surface area contributed by atoms with E-state index in [1.165, 1.54) is 6.07 Å². The zero-order valence-electron chi connectivity index (χ0n) is 11.0. The molecule has 6 nitrogen and oxygen atoms in total. The van der Waals surface area contributed by atoms with Crippen LogP contribution in [0.2, 0.25) is 0 Å². The summed E-state index contributed by atoms with van der Waals surface area (Å²) in [5.41, 5.74) is 0.570. The maximum atomic E-state index is 12.1. The molecular formula is C14H16N2O4. The Labute approximate surface area is 116 Å². The molecule has 0 atom stereocenters. The molecule has 0 spiro atoms. The lowest BCUT2D eigenvalue weighted by Crippen LogP contribution is -2.43. The summed E-state index contributed by atoms with van der Waals surface area (Å²) in [5.74, 6) is -0.941. The van der Waals surface area contributed by atoms with E-state index in [1.54, 1.807) is 23.1 Å². The Morgan fingerprint density at radius 1 is 1.50 bits per heavy atom. The Hall–Kier alpha value is -2.34. The average molecular weight is 276 g/mol. The molecule has 0 bridgehead atoms. The Morgan fingerprint density at radius 2 is 2.30 bits per heavy atom. The minimum atomic E-state index is -1.07. The molecule has 0 saturated heterocycles. The monoisotopic (exact) mass is 276 g/mol. The number of hydrogen-bond acceptors (Lipinski definition) is 4. The highest BCUT2D eigenvalue weighted by molar-refractivity contribution is 6.00. The van der Waals surface area contributed by atoms with Gasteiger partial charge in [-0.15, -0.1) is 6.58 Å². The summed E-state index contributed by atoms with van der Waals surface area (Å²) in [7, 11) is 0. The van der Waals surface area contributed by atoms with E-state index in [2.05, 4.69) is 11.9 Å². The van der Waals surface area contributed by atoms with Gasteiger partial charge in [-0.2, -0.15) is 0 Å². The summed E-state index contributed by atoms with van der Waals surface area (Å²) in [6.07, 6.45) is 1.67. The molecule has 1 aliphatic heterocycles. The van der Waals surface area contributed by atoms with Crippen LogP contribution in [-0.2, 0) is 4.79 Å². The molecule has 106 valence electrons. The molecule has 1 aromatic carbocycles. The van der Waals surface area contributed by atoms with E-state index in [0.717, 1.165) is 0 Å². The Morgan fingerprint density at radius 3 is 3.00 bits per heavy atom. The highest BCUT2D eigenvalue weighted by Gasteiger charge is 2.26. The number of para-hydroxylation sites is 1. The van der Waals surface area contributed by atoms with Crippen LogP contribution in [0.4, 0.5) is 5.69 Å². The number of nitrogens with zero attached hydrogens (tertiary/aromatic N) is 1. The van der Waals surface area contributed by atoms with Crippen LogP contribution in [0.25, 0.3) is 0 Å². The number of anilines is 1. The maximum Gasteiger partial charge on any atom is 0.339 e. The van der Waals surface area contributed by atoms with Gasteiger partial charge in [0, 0.05) is 6.54 Å². The number of carbonyl (C=O) groups excluding carboxylic acids is 1. The third-order valence-electron chi connectivity index (χ3n) is 2.94. The molecule has 2 rings (SSSR count). The topological polar surface area (TPSA) is 78.9 Å². The van der Waals surface area contributed by atoms with Gasteiger partial charge in [-0.25, -0.2) is 4.79 Å². The van der Waals surface area contributed by atoms with Gasteiger partial charge < -0.3 is 20.1 Å². The zero-order chi connectivity index (χ0) is 14.5. The SMILES string of the molecule is C=CCNCC(=O)N1CCOc2c(C(=O)O)cccc21. The van der Waals surface area contributed by atoms with E-state index in [9.17, 15) is 9.59 Å². The Balaban J connectivity index is 2.24. The van der Waals surface area contributed by atoms with Crippen LogP contribution in [0.5, 0.6) is 5.75 Å². The van der Waals surface area contributed by atoms with Gasteiger partial charge in [0.1, 0.15) is 12.2 Å². The van der Waals surface area contributed by atoms with E-state index in [0.29, 0.717) is 18.8 Å². The van der Waals surface area contributed by atoms with Crippen molar-refractivity contribution in [3.8, 4) is 5.75 Å². The van der Waals surface area contributed by atoms with Crippen molar-refractivity contribution in [2.24, 2.45) is 0 Å². The van der Waals surface area contributed by atoms with Gasteiger partial charge in [-0.05, 0) is 12.1 Å². The van der Waals surface area contributed by atoms with Gasteiger partial charge in [0.25, 0.3) is 0 Å². The first-order valence-electron chi connectivity index (χ1n) is 6.26. The summed E-state index contributed by atoms with van der Waals surface area (Å²) >= 11 is 0. The van der Waals surface area contributed by atoms with Crippen molar-refractivity contribution in [2.45, 2.75) is 0 Å². The second-order valence-corrected chi connectivity index (χ2v) is 4.27. The molecule has 0 fully saturated rings.